The zero-order chi connectivity index (χ0) is 13.7. The van der Waals surface area contributed by atoms with Crippen LogP contribution in [0.15, 0.2) is 24.3 Å². The van der Waals surface area contributed by atoms with Gasteiger partial charge < -0.3 is 20.1 Å². The number of carbonyl (C=O) groups excluding carboxylic acids is 1. The molecule has 19 heavy (non-hydrogen) atoms. The molecule has 0 aliphatic carbocycles. The topological polar surface area (TPSA) is 59.6 Å². The summed E-state index contributed by atoms with van der Waals surface area (Å²) >= 11 is 0. The van der Waals surface area contributed by atoms with Crippen molar-refractivity contribution < 1.29 is 14.3 Å². The van der Waals surface area contributed by atoms with Gasteiger partial charge in [0.1, 0.15) is 11.9 Å². The molecule has 1 fully saturated rings. The van der Waals surface area contributed by atoms with Gasteiger partial charge >= 0.3 is 0 Å². The largest absolute Gasteiger partial charge is 0.497 e. The monoisotopic (exact) mass is 264 g/mol. The Kier molecular flexibility index (Phi) is 4.76. The van der Waals surface area contributed by atoms with Crippen molar-refractivity contribution >= 4 is 5.91 Å². The maximum atomic E-state index is 12.0. The van der Waals surface area contributed by atoms with E-state index in [0.717, 1.165) is 17.9 Å². The lowest BCUT2D eigenvalue weighted by atomic mass is 10.1. The summed E-state index contributed by atoms with van der Waals surface area (Å²) in [5.74, 6) is 0.734. The summed E-state index contributed by atoms with van der Waals surface area (Å²) in [6, 6.07) is 7.62. The third-order valence-corrected chi connectivity index (χ3v) is 3.19. The number of methoxy groups -OCH3 is 1. The first-order valence-electron chi connectivity index (χ1n) is 6.47. The van der Waals surface area contributed by atoms with E-state index in [4.69, 9.17) is 9.47 Å². The first-order valence-corrected chi connectivity index (χ1v) is 6.47. The molecule has 2 unspecified atom stereocenters. The molecule has 2 atom stereocenters. The van der Waals surface area contributed by atoms with Crippen LogP contribution in [-0.4, -0.2) is 38.8 Å². The molecule has 5 heteroatoms. The SMILES string of the molecule is COc1ccc(C(C)NC(=O)C2CNCCO2)cc1. The lowest BCUT2D eigenvalue weighted by Gasteiger charge is -2.24. The average molecular weight is 264 g/mol. The Bertz CT molecular complexity index is 413. The van der Waals surface area contributed by atoms with Gasteiger partial charge in [-0.05, 0) is 24.6 Å². The first kappa shape index (κ1) is 13.8. The van der Waals surface area contributed by atoms with Gasteiger partial charge in [0.2, 0.25) is 0 Å². The van der Waals surface area contributed by atoms with E-state index in [9.17, 15) is 4.79 Å². The smallest absolute Gasteiger partial charge is 0.250 e. The number of nitrogens with one attached hydrogen (secondary N) is 2. The van der Waals surface area contributed by atoms with Crippen molar-refractivity contribution in [2.75, 3.05) is 26.8 Å². The zero-order valence-electron chi connectivity index (χ0n) is 11.3. The van der Waals surface area contributed by atoms with Gasteiger partial charge in [-0.15, -0.1) is 0 Å². The molecule has 1 aliphatic heterocycles. The number of benzene rings is 1. The summed E-state index contributed by atoms with van der Waals surface area (Å²) in [5.41, 5.74) is 1.04. The van der Waals surface area contributed by atoms with Crippen molar-refractivity contribution in [1.82, 2.24) is 10.6 Å². The summed E-state index contributed by atoms with van der Waals surface area (Å²) in [6.45, 7) is 3.91. The third kappa shape index (κ3) is 3.68. The lowest BCUT2D eigenvalue weighted by Crippen LogP contribution is -2.48. The number of hydrogen-bond acceptors (Lipinski definition) is 4. The Labute approximate surface area is 113 Å². The Morgan fingerprint density at radius 3 is 2.79 bits per heavy atom. The molecule has 104 valence electrons. The lowest BCUT2D eigenvalue weighted by molar-refractivity contribution is -0.134. The predicted molar refractivity (Wildman–Crippen MR) is 72.2 cm³/mol. The Morgan fingerprint density at radius 2 is 2.21 bits per heavy atom. The molecular formula is C14H20N2O3. The highest BCUT2D eigenvalue weighted by Crippen LogP contribution is 2.17. The minimum absolute atomic E-state index is 0.0519. The molecule has 1 saturated heterocycles. The highest BCUT2D eigenvalue weighted by Gasteiger charge is 2.23. The number of ether oxygens (including phenoxy) is 2. The molecule has 1 aromatic rings. The van der Waals surface area contributed by atoms with Gasteiger partial charge in [0.15, 0.2) is 0 Å². The van der Waals surface area contributed by atoms with Crippen LogP contribution in [0, 0.1) is 0 Å². The number of hydrogen-bond donors (Lipinski definition) is 2. The fourth-order valence-electron chi connectivity index (χ4n) is 2.02. The average Bonchev–Trinajstić information content (AvgIpc) is 2.48. The molecule has 2 N–H and O–H groups in total. The highest BCUT2D eigenvalue weighted by atomic mass is 16.5. The quantitative estimate of drug-likeness (QED) is 0.847. The van der Waals surface area contributed by atoms with Crippen LogP contribution in [0.3, 0.4) is 0 Å². The second-order valence-electron chi connectivity index (χ2n) is 4.57. The maximum Gasteiger partial charge on any atom is 0.250 e. The van der Waals surface area contributed by atoms with Gasteiger partial charge in [-0.25, -0.2) is 0 Å². The van der Waals surface area contributed by atoms with Crippen LogP contribution in [0.4, 0.5) is 0 Å². The van der Waals surface area contributed by atoms with Crippen LogP contribution >= 0.6 is 0 Å². The fourth-order valence-corrected chi connectivity index (χ4v) is 2.02. The molecule has 2 rings (SSSR count). The molecule has 1 amide bonds. The summed E-state index contributed by atoms with van der Waals surface area (Å²) in [7, 11) is 1.63. The summed E-state index contributed by atoms with van der Waals surface area (Å²) < 4.78 is 10.5. The molecule has 0 saturated carbocycles. The molecule has 0 aromatic heterocycles. The van der Waals surface area contributed by atoms with Crippen LogP contribution in [0.2, 0.25) is 0 Å². The summed E-state index contributed by atoms with van der Waals surface area (Å²) in [6.07, 6.45) is -0.394. The van der Waals surface area contributed by atoms with Gasteiger partial charge in [-0.2, -0.15) is 0 Å². The van der Waals surface area contributed by atoms with Crippen LogP contribution in [0.1, 0.15) is 18.5 Å². The van der Waals surface area contributed by atoms with Crippen molar-refractivity contribution in [2.45, 2.75) is 19.1 Å². The van der Waals surface area contributed by atoms with E-state index in [1.165, 1.54) is 0 Å². The Hall–Kier alpha value is -1.59. The molecule has 0 radical (unpaired) electrons. The third-order valence-electron chi connectivity index (χ3n) is 3.19. The first-order chi connectivity index (χ1) is 9.20. The van der Waals surface area contributed by atoms with E-state index in [1.807, 2.05) is 31.2 Å². The fraction of sp³-hybridized carbons (Fsp3) is 0.500. The van der Waals surface area contributed by atoms with Crippen LogP contribution in [0.5, 0.6) is 5.75 Å². The van der Waals surface area contributed by atoms with E-state index in [1.54, 1.807) is 7.11 Å². The maximum absolute atomic E-state index is 12.0. The number of amides is 1. The highest BCUT2D eigenvalue weighted by molar-refractivity contribution is 5.81. The number of morpholine rings is 1. The second-order valence-corrected chi connectivity index (χ2v) is 4.57. The standard InChI is InChI=1S/C14H20N2O3/c1-10(11-3-5-12(18-2)6-4-11)16-14(17)13-9-15-7-8-19-13/h3-6,10,13,15H,7-9H2,1-2H3,(H,16,17). The van der Waals surface area contributed by atoms with E-state index in [-0.39, 0.29) is 11.9 Å². The minimum atomic E-state index is -0.394. The molecule has 1 heterocycles. The summed E-state index contributed by atoms with van der Waals surface area (Å²) in [4.78, 5) is 12.0. The molecule has 0 spiro atoms. The number of rotatable bonds is 4. The van der Waals surface area contributed by atoms with Crippen LogP contribution in [0.25, 0.3) is 0 Å². The van der Waals surface area contributed by atoms with Crippen LogP contribution in [-0.2, 0) is 9.53 Å². The molecular weight excluding hydrogens is 244 g/mol. The van der Waals surface area contributed by atoms with Crippen molar-refractivity contribution in [3.63, 3.8) is 0 Å². The van der Waals surface area contributed by atoms with Gasteiger partial charge in [0, 0.05) is 13.1 Å². The minimum Gasteiger partial charge on any atom is -0.497 e. The van der Waals surface area contributed by atoms with Gasteiger partial charge in [0.05, 0.1) is 19.8 Å². The van der Waals surface area contributed by atoms with E-state index >= 15 is 0 Å². The normalized spacial score (nSPS) is 20.6. The van der Waals surface area contributed by atoms with Gasteiger partial charge in [-0.1, -0.05) is 12.1 Å². The second kappa shape index (κ2) is 6.54. The van der Waals surface area contributed by atoms with Crippen molar-refractivity contribution in [3.8, 4) is 5.75 Å². The van der Waals surface area contributed by atoms with E-state index < -0.39 is 6.10 Å². The van der Waals surface area contributed by atoms with Crippen molar-refractivity contribution in [2.24, 2.45) is 0 Å². The molecule has 1 aromatic carbocycles. The Morgan fingerprint density at radius 1 is 1.47 bits per heavy atom. The van der Waals surface area contributed by atoms with E-state index in [2.05, 4.69) is 10.6 Å². The van der Waals surface area contributed by atoms with Gasteiger partial charge in [-0.3, -0.25) is 4.79 Å². The molecule has 5 nitrogen and oxygen atoms in total. The zero-order valence-corrected chi connectivity index (χ0v) is 11.3. The molecule has 0 bridgehead atoms. The van der Waals surface area contributed by atoms with Gasteiger partial charge in [0.25, 0.3) is 5.91 Å². The van der Waals surface area contributed by atoms with Crippen molar-refractivity contribution in [1.29, 1.82) is 0 Å². The van der Waals surface area contributed by atoms with Crippen molar-refractivity contribution in [3.05, 3.63) is 29.8 Å². The predicted octanol–water partition coefficient (Wildman–Crippen LogP) is 0.861. The molecule has 1 aliphatic rings. The van der Waals surface area contributed by atoms with E-state index in [0.29, 0.717) is 13.2 Å². The number of carbonyl (C=O) groups is 1. The Balaban J connectivity index is 1.91. The van der Waals surface area contributed by atoms with Crippen LogP contribution < -0.4 is 15.4 Å². The summed E-state index contributed by atoms with van der Waals surface area (Å²) in [5, 5.41) is 6.10.